The van der Waals surface area contributed by atoms with Gasteiger partial charge in [-0.3, -0.25) is 4.90 Å². The van der Waals surface area contributed by atoms with E-state index >= 15 is 0 Å². The van der Waals surface area contributed by atoms with Crippen LogP contribution in [0.2, 0.25) is 0 Å². The lowest BCUT2D eigenvalue weighted by Crippen LogP contribution is -2.39. The number of carbonyl (C=O) groups is 1. The summed E-state index contributed by atoms with van der Waals surface area (Å²) in [7, 11) is 0. The first-order chi connectivity index (χ1) is 9.16. The molecule has 0 fully saturated rings. The molecule has 0 spiro atoms. The molecule has 1 aromatic heterocycles. The molecule has 0 bridgehead atoms. The van der Waals surface area contributed by atoms with Crippen LogP contribution in [-0.2, 0) is 6.42 Å². The summed E-state index contributed by atoms with van der Waals surface area (Å²) in [4.78, 5) is 17.4. The summed E-state index contributed by atoms with van der Waals surface area (Å²) >= 11 is 1.52. The maximum absolute atomic E-state index is 11.5. The van der Waals surface area contributed by atoms with E-state index < -0.39 is 6.09 Å². The Kier molecular flexibility index (Phi) is 2.98. The van der Waals surface area contributed by atoms with Crippen molar-refractivity contribution < 1.29 is 9.90 Å². The van der Waals surface area contributed by atoms with Crippen molar-refractivity contribution in [3.8, 4) is 0 Å². The van der Waals surface area contributed by atoms with Crippen LogP contribution in [-0.4, -0.2) is 27.6 Å². The van der Waals surface area contributed by atoms with Crippen LogP contribution in [0.4, 0.5) is 4.79 Å². The zero-order valence-electron chi connectivity index (χ0n) is 10.5. The predicted molar refractivity (Wildman–Crippen MR) is 73.6 cm³/mol. The van der Waals surface area contributed by atoms with Gasteiger partial charge in [0.15, 0.2) is 0 Å². The van der Waals surface area contributed by atoms with E-state index in [1.807, 2.05) is 30.5 Å². The molecule has 19 heavy (non-hydrogen) atoms. The third-order valence-corrected chi connectivity index (χ3v) is 4.41. The Morgan fingerprint density at radius 2 is 2.26 bits per heavy atom. The van der Waals surface area contributed by atoms with Crippen molar-refractivity contribution in [2.75, 3.05) is 6.54 Å². The SMILES string of the molecule is Cc1csc(C2c3ccccc3CCN2C(=O)O)n1. The average Bonchev–Trinajstić information content (AvgIpc) is 2.83. The fourth-order valence-corrected chi connectivity index (χ4v) is 3.46. The molecule has 1 unspecified atom stereocenters. The highest BCUT2D eigenvalue weighted by Crippen LogP contribution is 2.36. The average molecular weight is 274 g/mol. The zero-order valence-corrected chi connectivity index (χ0v) is 11.4. The molecule has 2 aromatic rings. The van der Waals surface area contributed by atoms with Crippen molar-refractivity contribution in [2.24, 2.45) is 0 Å². The van der Waals surface area contributed by atoms with Gasteiger partial charge in [-0.2, -0.15) is 0 Å². The molecule has 0 saturated carbocycles. The molecule has 3 rings (SSSR count). The fraction of sp³-hybridized carbons (Fsp3) is 0.286. The topological polar surface area (TPSA) is 53.4 Å². The summed E-state index contributed by atoms with van der Waals surface area (Å²) in [6.45, 7) is 2.45. The second-order valence-corrected chi connectivity index (χ2v) is 5.54. The monoisotopic (exact) mass is 274 g/mol. The minimum Gasteiger partial charge on any atom is -0.465 e. The second-order valence-electron chi connectivity index (χ2n) is 4.65. The lowest BCUT2D eigenvalue weighted by molar-refractivity contribution is 0.129. The van der Waals surface area contributed by atoms with Gasteiger partial charge in [-0.05, 0) is 24.5 Å². The highest BCUT2D eigenvalue weighted by atomic mass is 32.1. The fourth-order valence-electron chi connectivity index (χ4n) is 2.54. The molecule has 1 aromatic carbocycles. The summed E-state index contributed by atoms with van der Waals surface area (Å²) in [6, 6.07) is 7.77. The van der Waals surface area contributed by atoms with E-state index in [2.05, 4.69) is 11.1 Å². The minimum absolute atomic E-state index is 0.263. The normalized spacial score (nSPS) is 18.2. The third kappa shape index (κ3) is 2.10. The Labute approximate surface area is 115 Å². The Morgan fingerprint density at radius 3 is 2.95 bits per heavy atom. The summed E-state index contributed by atoms with van der Waals surface area (Å²) in [6.07, 6.45) is -0.115. The maximum Gasteiger partial charge on any atom is 0.408 e. The Bertz CT molecular complexity index is 623. The van der Waals surface area contributed by atoms with Crippen LogP contribution in [0, 0.1) is 6.92 Å². The number of thiazole rings is 1. The zero-order chi connectivity index (χ0) is 13.4. The molecule has 0 aliphatic carbocycles. The molecular weight excluding hydrogens is 260 g/mol. The van der Waals surface area contributed by atoms with Crippen LogP contribution in [0.3, 0.4) is 0 Å². The Morgan fingerprint density at radius 1 is 1.47 bits per heavy atom. The van der Waals surface area contributed by atoms with Crippen molar-refractivity contribution in [3.63, 3.8) is 0 Å². The number of hydrogen-bond donors (Lipinski definition) is 1. The van der Waals surface area contributed by atoms with Crippen molar-refractivity contribution in [1.29, 1.82) is 0 Å². The summed E-state index contributed by atoms with van der Waals surface area (Å²) in [5, 5.41) is 12.2. The molecule has 2 heterocycles. The van der Waals surface area contributed by atoms with E-state index in [4.69, 9.17) is 0 Å². The highest BCUT2D eigenvalue weighted by Gasteiger charge is 2.33. The first-order valence-corrected chi connectivity index (χ1v) is 7.04. The van der Waals surface area contributed by atoms with Gasteiger partial charge in [0.1, 0.15) is 11.0 Å². The van der Waals surface area contributed by atoms with Gasteiger partial charge >= 0.3 is 6.09 Å². The van der Waals surface area contributed by atoms with Crippen LogP contribution in [0.5, 0.6) is 0 Å². The van der Waals surface area contributed by atoms with Crippen LogP contribution in [0.1, 0.15) is 27.9 Å². The van der Waals surface area contributed by atoms with Crippen LogP contribution >= 0.6 is 11.3 Å². The summed E-state index contributed by atoms with van der Waals surface area (Å²) in [5.74, 6) is 0. The van der Waals surface area contributed by atoms with Gasteiger partial charge in [-0.1, -0.05) is 24.3 Å². The number of nitrogens with zero attached hydrogens (tertiary/aromatic N) is 2. The van der Waals surface area contributed by atoms with E-state index in [1.165, 1.54) is 21.8 Å². The number of hydrogen-bond acceptors (Lipinski definition) is 3. The molecule has 1 amide bonds. The summed E-state index contributed by atoms with van der Waals surface area (Å²) < 4.78 is 0. The highest BCUT2D eigenvalue weighted by molar-refractivity contribution is 7.09. The van der Waals surface area contributed by atoms with Crippen LogP contribution in [0.25, 0.3) is 0 Å². The number of aryl methyl sites for hydroxylation is 1. The van der Waals surface area contributed by atoms with E-state index in [0.29, 0.717) is 6.54 Å². The van der Waals surface area contributed by atoms with Gasteiger partial charge in [-0.25, -0.2) is 9.78 Å². The molecule has 5 heteroatoms. The molecular formula is C14H14N2O2S. The number of rotatable bonds is 1. The lowest BCUT2D eigenvalue weighted by Gasteiger charge is -2.34. The standard InChI is InChI=1S/C14H14N2O2S/c1-9-8-19-13(15-9)12-11-5-3-2-4-10(11)6-7-16(12)14(17)18/h2-5,8,12H,6-7H2,1H3,(H,17,18). The van der Waals surface area contributed by atoms with Crippen molar-refractivity contribution >= 4 is 17.4 Å². The lowest BCUT2D eigenvalue weighted by atomic mass is 9.93. The number of benzene rings is 1. The van der Waals surface area contributed by atoms with Crippen LogP contribution in [0.15, 0.2) is 29.6 Å². The Hall–Kier alpha value is -1.88. The first-order valence-electron chi connectivity index (χ1n) is 6.16. The maximum atomic E-state index is 11.5. The number of fused-ring (bicyclic) bond motifs is 1. The van der Waals surface area contributed by atoms with Crippen molar-refractivity contribution in [2.45, 2.75) is 19.4 Å². The number of amides is 1. The van der Waals surface area contributed by atoms with Gasteiger partial charge in [0.05, 0.1) is 0 Å². The van der Waals surface area contributed by atoms with Crippen molar-refractivity contribution in [1.82, 2.24) is 9.88 Å². The van der Waals surface area contributed by atoms with Gasteiger partial charge in [0, 0.05) is 17.6 Å². The van der Waals surface area contributed by atoms with E-state index in [9.17, 15) is 9.90 Å². The van der Waals surface area contributed by atoms with Gasteiger partial charge < -0.3 is 5.11 Å². The minimum atomic E-state index is -0.882. The third-order valence-electron chi connectivity index (χ3n) is 3.40. The smallest absolute Gasteiger partial charge is 0.408 e. The molecule has 0 saturated heterocycles. The molecule has 1 aliphatic heterocycles. The predicted octanol–water partition coefficient (Wildman–Crippen LogP) is 3.08. The molecule has 1 aliphatic rings. The van der Waals surface area contributed by atoms with E-state index in [0.717, 1.165) is 22.7 Å². The Balaban J connectivity index is 2.12. The van der Waals surface area contributed by atoms with E-state index in [-0.39, 0.29) is 6.04 Å². The second kappa shape index (κ2) is 4.66. The molecule has 0 radical (unpaired) electrons. The molecule has 98 valence electrons. The van der Waals surface area contributed by atoms with Gasteiger partial charge in [0.25, 0.3) is 0 Å². The number of aromatic nitrogens is 1. The first kappa shape index (κ1) is 12.2. The largest absolute Gasteiger partial charge is 0.465 e. The van der Waals surface area contributed by atoms with E-state index in [1.54, 1.807) is 0 Å². The quantitative estimate of drug-likeness (QED) is 0.869. The molecule has 4 nitrogen and oxygen atoms in total. The van der Waals surface area contributed by atoms with Gasteiger partial charge in [-0.15, -0.1) is 11.3 Å². The van der Waals surface area contributed by atoms with Crippen molar-refractivity contribution in [3.05, 3.63) is 51.5 Å². The molecule has 1 atom stereocenters. The summed E-state index contributed by atoms with van der Waals surface area (Å²) in [5.41, 5.74) is 3.22. The molecule has 1 N–H and O–H groups in total. The van der Waals surface area contributed by atoms with Gasteiger partial charge in [0.2, 0.25) is 0 Å². The number of carboxylic acid groups (broad SMARTS) is 1. The van der Waals surface area contributed by atoms with Crippen LogP contribution < -0.4 is 0 Å².